The van der Waals surface area contributed by atoms with Gasteiger partial charge in [-0.1, -0.05) is 12.1 Å². The molecule has 108 valence electrons. The minimum atomic E-state index is -0.312. The Balaban J connectivity index is 1.98. The largest absolute Gasteiger partial charge is 0.479 e. The van der Waals surface area contributed by atoms with Gasteiger partial charge in [0.15, 0.2) is 11.4 Å². The van der Waals surface area contributed by atoms with Gasteiger partial charge in [0.05, 0.1) is 17.1 Å². The molecule has 1 aromatic carbocycles. The van der Waals surface area contributed by atoms with Crippen molar-refractivity contribution in [3.05, 3.63) is 47.8 Å². The average molecular weight is 282 g/mol. The summed E-state index contributed by atoms with van der Waals surface area (Å²) in [6.45, 7) is 3.49. The second kappa shape index (κ2) is 4.46. The van der Waals surface area contributed by atoms with E-state index in [0.717, 1.165) is 48.8 Å². The minimum Gasteiger partial charge on any atom is -0.479 e. The molecule has 0 bridgehead atoms. The smallest absolute Gasteiger partial charge is 0.176 e. The maximum atomic E-state index is 12.0. The lowest BCUT2D eigenvalue weighted by Crippen LogP contribution is -2.47. The number of nitrogens with zero attached hydrogens (tertiary/aromatic N) is 1. The fourth-order valence-corrected chi connectivity index (χ4v) is 3.51. The molecular weight excluding hydrogens is 264 g/mol. The molecule has 0 amide bonds. The SMILES string of the molecule is CC(=O)c1ccc2n1-c1ccccc1OC21CCNCC1. The van der Waals surface area contributed by atoms with Gasteiger partial charge in [0.1, 0.15) is 5.75 Å². The van der Waals surface area contributed by atoms with Crippen molar-refractivity contribution in [3.63, 3.8) is 0 Å². The Morgan fingerprint density at radius 2 is 1.95 bits per heavy atom. The quantitative estimate of drug-likeness (QED) is 0.818. The standard InChI is InChI=1S/C17H18N2O2/c1-12(20)13-6-7-16-17(8-10-18-11-9-17)21-15-5-3-2-4-14(15)19(13)16/h2-7,18H,8-11H2,1H3. The molecule has 2 aliphatic rings. The Hall–Kier alpha value is -2.07. The van der Waals surface area contributed by atoms with Crippen LogP contribution in [0.15, 0.2) is 36.4 Å². The van der Waals surface area contributed by atoms with Crippen LogP contribution in [-0.4, -0.2) is 23.4 Å². The molecule has 4 rings (SSSR count). The third-order valence-corrected chi connectivity index (χ3v) is 4.53. The van der Waals surface area contributed by atoms with Crippen LogP contribution in [0.25, 0.3) is 5.69 Å². The second-order valence-electron chi connectivity index (χ2n) is 5.81. The number of aromatic nitrogens is 1. The molecule has 3 heterocycles. The molecule has 4 nitrogen and oxygen atoms in total. The van der Waals surface area contributed by atoms with Gasteiger partial charge in [-0.25, -0.2) is 0 Å². The summed E-state index contributed by atoms with van der Waals surface area (Å²) in [7, 11) is 0. The van der Waals surface area contributed by atoms with E-state index in [1.807, 2.05) is 30.3 Å². The fraction of sp³-hybridized carbons (Fsp3) is 0.353. The molecule has 2 aliphatic heterocycles. The molecule has 2 aromatic rings. The van der Waals surface area contributed by atoms with Crippen molar-refractivity contribution in [2.75, 3.05) is 13.1 Å². The summed E-state index contributed by atoms with van der Waals surface area (Å²) in [5, 5.41) is 3.38. The van der Waals surface area contributed by atoms with Gasteiger partial charge in [-0.3, -0.25) is 4.79 Å². The molecule has 1 spiro atoms. The number of carbonyl (C=O) groups is 1. The van der Waals surface area contributed by atoms with Gasteiger partial charge in [0.25, 0.3) is 0 Å². The summed E-state index contributed by atoms with van der Waals surface area (Å²) in [6.07, 6.45) is 1.84. The third-order valence-electron chi connectivity index (χ3n) is 4.53. The molecular formula is C17H18N2O2. The van der Waals surface area contributed by atoms with E-state index < -0.39 is 0 Å². The van der Waals surface area contributed by atoms with Crippen molar-refractivity contribution in [3.8, 4) is 11.4 Å². The summed E-state index contributed by atoms with van der Waals surface area (Å²) in [5.74, 6) is 0.952. The number of fused-ring (bicyclic) bond motifs is 4. The number of rotatable bonds is 1. The van der Waals surface area contributed by atoms with Crippen LogP contribution in [0.4, 0.5) is 0 Å². The number of para-hydroxylation sites is 2. The van der Waals surface area contributed by atoms with E-state index in [9.17, 15) is 4.79 Å². The zero-order chi connectivity index (χ0) is 14.4. The van der Waals surface area contributed by atoms with Crippen LogP contribution in [0.5, 0.6) is 5.75 Å². The highest BCUT2D eigenvalue weighted by atomic mass is 16.5. The maximum Gasteiger partial charge on any atom is 0.176 e. The number of ketones is 1. The lowest BCUT2D eigenvalue weighted by molar-refractivity contribution is 0.0200. The average Bonchev–Trinajstić information content (AvgIpc) is 2.95. The van der Waals surface area contributed by atoms with Crippen LogP contribution in [0, 0.1) is 0 Å². The fourth-order valence-electron chi connectivity index (χ4n) is 3.51. The predicted octanol–water partition coefficient (Wildman–Crippen LogP) is 2.65. The summed E-state index contributed by atoms with van der Waals surface area (Å²) in [4.78, 5) is 12.0. The van der Waals surface area contributed by atoms with Crippen molar-refractivity contribution < 1.29 is 9.53 Å². The molecule has 1 saturated heterocycles. The lowest BCUT2D eigenvalue weighted by Gasteiger charge is -2.42. The van der Waals surface area contributed by atoms with Crippen LogP contribution in [0.1, 0.15) is 35.9 Å². The third kappa shape index (κ3) is 1.75. The molecule has 0 atom stereocenters. The monoisotopic (exact) mass is 282 g/mol. The second-order valence-corrected chi connectivity index (χ2v) is 5.81. The highest BCUT2D eigenvalue weighted by Crippen LogP contribution is 2.44. The van der Waals surface area contributed by atoms with Crippen LogP contribution >= 0.6 is 0 Å². The van der Waals surface area contributed by atoms with Crippen molar-refractivity contribution >= 4 is 5.78 Å². The lowest BCUT2D eigenvalue weighted by atomic mass is 9.87. The van der Waals surface area contributed by atoms with Crippen LogP contribution in [0.3, 0.4) is 0 Å². The molecule has 1 aromatic heterocycles. The molecule has 0 saturated carbocycles. The molecule has 1 N–H and O–H groups in total. The normalized spacial score (nSPS) is 18.7. The van der Waals surface area contributed by atoms with Gasteiger partial charge in [-0.2, -0.15) is 0 Å². The predicted molar refractivity (Wildman–Crippen MR) is 80.2 cm³/mol. The number of ether oxygens (including phenoxy) is 1. The summed E-state index contributed by atoms with van der Waals surface area (Å²) in [6, 6.07) is 11.9. The first-order chi connectivity index (χ1) is 10.2. The minimum absolute atomic E-state index is 0.0852. The molecule has 4 heteroatoms. The summed E-state index contributed by atoms with van der Waals surface area (Å²) in [5.41, 5.74) is 2.49. The van der Waals surface area contributed by atoms with E-state index in [1.165, 1.54) is 0 Å². The highest BCUT2D eigenvalue weighted by molar-refractivity contribution is 5.93. The van der Waals surface area contributed by atoms with E-state index >= 15 is 0 Å². The van der Waals surface area contributed by atoms with Crippen molar-refractivity contribution in [2.45, 2.75) is 25.4 Å². The van der Waals surface area contributed by atoms with Crippen LogP contribution < -0.4 is 10.1 Å². The van der Waals surface area contributed by atoms with Gasteiger partial charge in [-0.15, -0.1) is 0 Å². The van der Waals surface area contributed by atoms with Gasteiger partial charge < -0.3 is 14.6 Å². The Labute approximate surface area is 123 Å². The van der Waals surface area contributed by atoms with Gasteiger partial charge in [-0.05, 0) is 37.4 Å². The number of carbonyl (C=O) groups excluding carboxylic acids is 1. The van der Waals surface area contributed by atoms with E-state index in [0.29, 0.717) is 0 Å². The van der Waals surface area contributed by atoms with Crippen LogP contribution in [0.2, 0.25) is 0 Å². The number of hydrogen-bond donors (Lipinski definition) is 1. The van der Waals surface area contributed by atoms with Gasteiger partial charge in [0, 0.05) is 19.8 Å². The van der Waals surface area contributed by atoms with Gasteiger partial charge >= 0.3 is 0 Å². The topological polar surface area (TPSA) is 43.3 Å². The number of nitrogens with one attached hydrogen (secondary N) is 1. The Morgan fingerprint density at radius 1 is 1.19 bits per heavy atom. The van der Waals surface area contributed by atoms with Crippen molar-refractivity contribution in [1.29, 1.82) is 0 Å². The van der Waals surface area contributed by atoms with Crippen molar-refractivity contribution in [1.82, 2.24) is 9.88 Å². The first kappa shape index (κ1) is 12.7. The van der Waals surface area contributed by atoms with E-state index in [1.54, 1.807) is 6.92 Å². The van der Waals surface area contributed by atoms with E-state index in [2.05, 4.69) is 16.0 Å². The number of piperidine rings is 1. The maximum absolute atomic E-state index is 12.0. The van der Waals surface area contributed by atoms with Crippen molar-refractivity contribution in [2.24, 2.45) is 0 Å². The number of benzene rings is 1. The van der Waals surface area contributed by atoms with Gasteiger partial charge in [0.2, 0.25) is 0 Å². The summed E-state index contributed by atoms with van der Waals surface area (Å²) < 4.78 is 8.50. The van der Waals surface area contributed by atoms with E-state index in [-0.39, 0.29) is 11.4 Å². The first-order valence-electron chi connectivity index (χ1n) is 7.44. The zero-order valence-corrected chi connectivity index (χ0v) is 12.1. The van der Waals surface area contributed by atoms with Crippen LogP contribution in [-0.2, 0) is 5.60 Å². The highest BCUT2D eigenvalue weighted by Gasteiger charge is 2.43. The molecule has 0 unspecified atom stereocenters. The number of Topliss-reactive ketones (excluding diaryl/α,β-unsaturated/α-hetero) is 1. The Bertz CT molecular complexity index is 711. The molecule has 1 fully saturated rings. The first-order valence-corrected chi connectivity index (χ1v) is 7.44. The molecule has 21 heavy (non-hydrogen) atoms. The molecule has 0 radical (unpaired) electrons. The van der Waals surface area contributed by atoms with E-state index in [4.69, 9.17) is 4.74 Å². The number of hydrogen-bond acceptors (Lipinski definition) is 3. The Kier molecular flexibility index (Phi) is 2.69. The summed E-state index contributed by atoms with van der Waals surface area (Å²) >= 11 is 0. The molecule has 0 aliphatic carbocycles. The zero-order valence-electron chi connectivity index (χ0n) is 12.1. The Morgan fingerprint density at radius 3 is 2.71 bits per heavy atom.